The summed E-state index contributed by atoms with van der Waals surface area (Å²) in [5, 5.41) is 3.27. The molecule has 17 heavy (non-hydrogen) atoms. The monoisotopic (exact) mass is 237 g/mol. The Morgan fingerprint density at radius 1 is 1.35 bits per heavy atom. The van der Waals surface area contributed by atoms with E-state index in [1.54, 1.807) is 4.68 Å². The molecule has 96 valence electrons. The summed E-state index contributed by atoms with van der Waals surface area (Å²) < 4.78 is 1.74. The van der Waals surface area contributed by atoms with Crippen molar-refractivity contribution in [3.8, 4) is 0 Å². The van der Waals surface area contributed by atoms with Gasteiger partial charge in [0.05, 0.1) is 11.7 Å². The minimum absolute atomic E-state index is 0.0272. The lowest BCUT2D eigenvalue weighted by Crippen LogP contribution is -2.22. The Hall–Kier alpha value is -1.19. The van der Waals surface area contributed by atoms with E-state index >= 15 is 0 Å². The Labute approximate surface area is 102 Å². The third kappa shape index (κ3) is 2.13. The molecule has 0 radical (unpaired) electrons. The summed E-state index contributed by atoms with van der Waals surface area (Å²) in [7, 11) is 0. The molecule has 0 spiro atoms. The van der Waals surface area contributed by atoms with Crippen LogP contribution in [-0.4, -0.2) is 9.78 Å². The normalized spacial score (nSPS) is 17.1. The number of hydrogen-bond donors (Lipinski definition) is 2. The molecule has 1 heterocycles. The second-order valence-corrected chi connectivity index (χ2v) is 5.07. The number of nitrogens with zero attached hydrogens (tertiary/aromatic N) is 1. The van der Waals surface area contributed by atoms with Crippen molar-refractivity contribution >= 4 is 5.69 Å². The van der Waals surface area contributed by atoms with E-state index in [0.29, 0.717) is 11.6 Å². The number of aromatic nitrogens is 2. The molecule has 1 aliphatic rings. The molecule has 1 aromatic heterocycles. The van der Waals surface area contributed by atoms with Gasteiger partial charge in [-0.3, -0.25) is 9.89 Å². The number of anilines is 1. The summed E-state index contributed by atoms with van der Waals surface area (Å²) in [6, 6.07) is 0.250. The third-order valence-electron chi connectivity index (χ3n) is 4.05. The maximum Gasteiger partial charge on any atom is 0.290 e. The fourth-order valence-electron chi connectivity index (χ4n) is 2.92. The summed E-state index contributed by atoms with van der Waals surface area (Å²) in [5.74, 6) is 0.471. The average molecular weight is 237 g/mol. The zero-order valence-corrected chi connectivity index (χ0v) is 10.8. The SMILES string of the molecule is CCC(CC)n1[nH]c(C2CCCC2)c(N)c1=O. The molecule has 1 aliphatic carbocycles. The smallest absolute Gasteiger partial charge is 0.290 e. The lowest BCUT2D eigenvalue weighted by atomic mass is 10.0. The highest BCUT2D eigenvalue weighted by molar-refractivity contribution is 5.43. The lowest BCUT2D eigenvalue weighted by molar-refractivity contribution is 0.413. The highest BCUT2D eigenvalue weighted by Gasteiger charge is 2.24. The molecule has 1 aromatic rings. The van der Waals surface area contributed by atoms with Gasteiger partial charge in [0.1, 0.15) is 5.69 Å². The largest absolute Gasteiger partial charge is 0.393 e. The molecule has 0 atom stereocenters. The first-order chi connectivity index (χ1) is 8.19. The van der Waals surface area contributed by atoms with Crippen LogP contribution < -0.4 is 11.3 Å². The predicted molar refractivity (Wildman–Crippen MR) is 70.3 cm³/mol. The van der Waals surface area contributed by atoms with Crippen molar-refractivity contribution in [1.29, 1.82) is 0 Å². The average Bonchev–Trinajstić information content (AvgIpc) is 2.94. The Balaban J connectivity index is 2.36. The number of rotatable bonds is 4. The van der Waals surface area contributed by atoms with E-state index in [1.807, 2.05) is 0 Å². The van der Waals surface area contributed by atoms with Crippen LogP contribution in [0.3, 0.4) is 0 Å². The van der Waals surface area contributed by atoms with Crippen molar-refractivity contribution in [2.45, 2.75) is 64.3 Å². The first kappa shape index (κ1) is 12.3. The van der Waals surface area contributed by atoms with Crippen LogP contribution in [0, 0.1) is 0 Å². The van der Waals surface area contributed by atoms with Crippen molar-refractivity contribution < 1.29 is 0 Å². The van der Waals surface area contributed by atoms with Gasteiger partial charge in [0.15, 0.2) is 0 Å². The summed E-state index contributed by atoms with van der Waals surface area (Å²) >= 11 is 0. The Bertz CT molecular complexity index is 422. The zero-order chi connectivity index (χ0) is 12.4. The van der Waals surface area contributed by atoms with Crippen LogP contribution in [0.2, 0.25) is 0 Å². The Kier molecular flexibility index (Phi) is 3.60. The van der Waals surface area contributed by atoms with Gasteiger partial charge in [0, 0.05) is 5.92 Å². The summed E-state index contributed by atoms with van der Waals surface area (Å²) in [6.45, 7) is 4.21. The maximum absolute atomic E-state index is 12.1. The molecule has 0 amide bonds. The lowest BCUT2D eigenvalue weighted by Gasteiger charge is -2.13. The molecular weight excluding hydrogens is 214 g/mol. The quantitative estimate of drug-likeness (QED) is 0.845. The number of nitrogens with one attached hydrogen (secondary N) is 1. The molecule has 0 bridgehead atoms. The van der Waals surface area contributed by atoms with Crippen molar-refractivity contribution in [2.75, 3.05) is 5.73 Å². The van der Waals surface area contributed by atoms with Gasteiger partial charge in [0.25, 0.3) is 5.56 Å². The van der Waals surface area contributed by atoms with E-state index in [-0.39, 0.29) is 11.6 Å². The molecule has 0 unspecified atom stereocenters. The van der Waals surface area contributed by atoms with Gasteiger partial charge >= 0.3 is 0 Å². The highest BCUT2D eigenvalue weighted by Crippen LogP contribution is 2.35. The van der Waals surface area contributed by atoms with Gasteiger partial charge in [-0.05, 0) is 25.7 Å². The number of aromatic amines is 1. The fraction of sp³-hybridized carbons (Fsp3) is 0.769. The highest BCUT2D eigenvalue weighted by atomic mass is 16.1. The van der Waals surface area contributed by atoms with Crippen LogP contribution in [0.15, 0.2) is 4.79 Å². The van der Waals surface area contributed by atoms with Crippen molar-refractivity contribution in [2.24, 2.45) is 0 Å². The van der Waals surface area contributed by atoms with Crippen LogP contribution >= 0.6 is 0 Å². The number of nitrogen functional groups attached to an aromatic ring is 1. The van der Waals surface area contributed by atoms with Crippen molar-refractivity contribution in [3.05, 3.63) is 16.0 Å². The predicted octanol–water partition coefficient (Wildman–Crippen LogP) is 2.78. The van der Waals surface area contributed by atoms with E-state index in [2.05, 4.69) is 18.9 Å². The van der Waals surface area contributed by atoms with E-state index in [0.717, 1.165) is 31.4 Å². The Morgan fingerprint density at radius 3 is 2.47 bits per heavy atom. The zero-order valence-electron chi connectivity index (χ0n) is 10.8. The molecule has 1 saturated carbocycles. The molecule has 0 aliphatic heterocycles. The van der Waals surface area contributed by atoms with Crippen molar-refractivity contribution in [3.63, 3.8) is 0 Å². The second-order valence-electron chi connectivity index (χ2n) is 5.07. The molecule has 4 heteroatoms. The van der Waals surface area contributed by atoms with Gasteiger partial charge in [0.2, 0.25) is 0 Å². The summed E-state index contributed by atoms with van der Waals surface area (Å²) in [5.41, 5.74) is 7.37. The third-order valence-corrected chi connectivity index (χ3v) is 4.05. The van der Waals surface area contributed by atoms with Gasteiger partial charge in [-0.2, -0.15) is 0 Å². The standard InChI is InChI=1S/C13H23N3O/c1-3-10(4-2)16-13(17)11(14)12(15-16)9-7-5-6-8-9/h9-10,15H,3-8,14H2,1-2H3. The van der Waals surface area contributed by atoms with Crippen LogP contribution in [0.1, 0.15) is 70.0 Å². The Morgan fingerprint density at radius 2 is 1.94 bits per heavy atom. The van der Waals surface area contributed by atoms with E-state index in [4.69, 9.17) is 5.73 Å². The minimum Gasteiger partial charge on any atom is -0.393 e. The number of H-pyrrole nitrogens is 1. The summed E-state index contributed by atoms with van der Waals surface area (Å²) in [6.07, 6.45) is 6.74. The molecular formula is C13H23N3O. The van der Waals surface area contributed by atoms with Crippen molar-refractivity contribution in [1.82, 2.24) is 9.78 Å². The molecule has 0 aromatic carbocycles. The van der Waals surface area contributed by atoms with Gasteiger partial charge in [-0.15, -0.1) is 0 Å². The molecule has 4 nitrogen and oxygen atoms in total. The maximum atomic E-state index is 12.1. The molecule has 3 N–H and O–H groups in total. The van der Waals surface area contributed by atoms with Gasteiger partial charge in [-0.1, -0.05) is 26.7 Å². The molecule has 2 rings (SSSR count). The van der Waals surface area contributed by atoms with Crippen LogP contribution in [0.25, 0.3) is 0 Å². The number of nitrogens with two attached hydrogens (primary N) is 1. The van der Waals surface area contributed by atoms with E-state index in [1.165, 1.54) is 12.8 Å². The van der Waals surface area contributed by atoms with E-state index in [9.17, 15) is 4.79 Å². The number of hydrogen-bond acceptors (Lipinski definition) is 2. The summed E-state index contributed by atoms with van der Waals surface area (Å²) in [4.78, 5) is 12.1. The minimum atomic E-state index is -0.0272. The van der Waals surface area contributed by atoms with Crippen LogP contribution in [0.5, 0.6) is 0 Å². The second kappa shape index (κ2) is 4.98. The van der Waals surface area contributed by atoms with E-state index < -0.39 is 0 Å². The first-order valence-electron chi connectivity index (χ1n) is 6.78. The van der Waals surface area contributed by atoms with Crippen LogP contribution in [-0.2, 0) is 0 Å². The molecule has 1 fully saturated rings. The van der Waals surface area contributed by atoms with Gasteiger partial charge < -0.3 is 5.73 Å². The van der Waals surface area contributed by atoms with Gasteiger partial charge in [-0.25, -0.2) is 4.68 Å². The first-order valence-corrected chi connectivity index (χ1v) is 6.78. The van der Waals surface area contributed by atoms with Crippen LogP contribution in [0.4, 0.5) is 5.69 Å². The topological polar surface area (TPSA) is 63.8 Å². The molecule has 0 saturated heterocycles. The fourth-order valence-corrected chi connectivity index (χ4v) is 2.92.